The smallest absolute Gasteiger partial charge is 0.131 e. The summed E-state index contributed by atoms with van der Waals surface area (Å²) >= 11 is 0. The Kier molecular flexibility index (Phi) is 11.4. The molecule has 0 unspecified atom stereocenters. The average Bonchev–Trinajstić information content (AvgIpc) is 2.62. The zero-order chi connectivity index (χ0) is 17.5. The Morgan fingerprint density at radius 1 is 0.833 bits per heavy atom. The van der Waals surface area contributed by atoms with E-state index >= 15 is 0 Å². The van der Waals surface area contributed by atoms with Gasteiger partial charge >= 0.3 is 0 Å². The van der Waals surface area contributed by atoms with Crippen molar-refractivity contribution in [3.05, 3.63) is 35.4 Å². The van der Waals surface area contributed by atoms with Crippen LogP contribution in [0.15, 0.2) is 34.6 Å². The van der Waals surface area contributed by atoms with E-state index in [4.69, 9.17) is 10.4 Å². The van der Waals surface area contributed by atoms with Crippen molar-refractivity contribution in [3.63, 3.8) is 0 Å². The van der Waals surface area contributed by atoms with Gasteiger partial charge in [0.05, 0.1) is 6.21 Å². The molecule has 0 atom stereocenters. The van der Waals surface area contributed by atoms with Crippen LogP contribution in [0.25, 0.3) is 0 Å². The summed E-state index contributed by atoms with van der Waals surface area (Å²) in [5.41, 5.74) is 2.28. The molecule has 24 heavy (non-hydrogen) atoms. The largest absolute Gasteiger partial charge is 0.411 e. The quantitative estimate of drug-likeness (QED) is 0.208. The summed E-state index contributed by atoms with van der Waals surface area (Å²) in [6, 6.07) is 7.86. The molecule has 0 heterocycles. The minimum atomic E-state index is 0.253. The second-order valence-electron chi connectivity index (χ2n) is 6.36. The highest BCUT2D eigenvalue weighted by molar-refractivity contribution is 6.37. The second kappa shape index (κ2) is 13.6. The first kappa shape index (κ1) is 20.2. The van der Waals surface area contributed by atoms with Crippen LogP contribution in [-0.2, 0) is 6.42 Å². The minimum absolute atomic E-state index is 0.253. The molecule has 4 heteroatoms. The maximum atomic E-state index is 8.87. The van der Waals surface area contributed by atoms with Crippen LogP contribution < -0.4 is 0 Å². The van der Waals surface area contributed by atoms with E-state index in [1.807, 2.05) is 24.3 Å². The number of benzene rings is 1. The van der Waals surface area contributed by atoms with Gasteiger partial charge in [-0.1, -0.05) is 99.3 Å². The van der Waals surface area contributed by atoms with Crippen LogP contribution in [-0.4, -0.2) is 22.3 Å². The Morgan fingerprint density at radius 3 is 1.88 bits per heavy atom. The first-order valence-corrected chi connectivity index (χ1v) is 9.30. The highest BCUT2D eigenvalue weighted by Crippen LogP contribution is 2.13. The molecule has 0 aliphatic rings. The first-order chi connectivity index (χ1) is 11.8. The maximum Gasteiger partial charge on any atom is 0.131 e. The van der Waals surface area contributed by atoms with Gasteiger partial charge in [0.25, 0.3) is 0 Å². The molecular formula is C20H32N2O2. The average molecular weight is 332 g/mol. The van der Waals surface area contributed by atoms with E-state index in [0.717, 1.165) is 18.2 Å². The number of hydrogen-bond donors (Lipinski definition) is 2. The molecule has 0 aromatic heterocycles. The zero-order valence-electron chi connectivity index (χ0n) is 15.0. The number of unbranched alkanes of at least 4 members (excludes halogenated alkanes) is 9. The fraction of sp³-hybridized carbons (Fsp3) is 0.600. The van der Waals surface area contributed by atoms with Gasteiger partial charge in [-0.2, -0.15) is 0 Å². The lowest BCUT2D eigenvalue weighted by Gasteiger charge is -2.04. The van der Waals surface area contributed by atoms with Crippen LogP contribution in [0.4, 0.5) is 0 Å². The molecule has 0 saturated carbocycles. The van der Waals surface area contributed by atoms with Crippen molar-refractivity contribution in [2.75, 3.05) is 0 Å². The van der Waals surface area contributed by atoms with Crippen molar-refractivity contribution in [1.29, 1.82) is 0 Å². The predicted octanol–water partition coefficient (Wildman–Crippen LogP) is 5.79. The summed E-state index contributed by atoms with van der Waals surface area (Å²) in [6.45, 7) is 2.26. The Bertz CT molecular complexity index is 481. The molecule has 0 radical (unpaired) electrons. The van der Waals surface area contributed by atoms with E-state index < -0.39 is 0 Å². The first-order valence-electron chi connectivity index (χ1n) is 9.30. The molecule has 0 amide bonds. The fourth-order valence-corrected chi connectivity index (χ4v) is 2.87. The Labute approximate surface area is 146 Å². The van der Waals surface area contributed by atoms with Crippen LogP contribution in [0, 0.1) is 0 Å². The summed E-state index contributed by atoms with van der Waals surface area (Å²) in [6.07, 6.45) is 15.7. The number of aryl methyl sites for hydroxylation is 1. The normalized spacial score (nSPS) is 12.1. The highest BCUT2D eigenvalue weighted by atomic mass is 16.4. The Morgan fingerprint density at radius 2 is 1.38 bits per heavy atom. The maximum absolute atomic E-state index is 8.87. The lowest BCUT2D eigenvalue weighted by Crippen LogP contribution is -2.02. The van der Waals surface area contributed by atoms with Crippen LogP contribution in [0.1, 0.15) is 82.3 Å². The Hall–Kier alpha value is -1.84. The molecule has 0 aliphatic carbocycles. The van der Waals surface area contributed by atoms with Crippen LogP contribution >= 0.6 is 0 Å². The molecule has 1 aromatic carbocycles. The van der Waals surface area contributed by atoms with Crippen molar-refractivity contribution >= 4 is 11.9 Å². The molecule has 134 valence electrons. The summed E-state index contributed by atoms with van der Waals surface area (Å²) in [7, 11) is 0. The van der Waals surface area contributed by atoms with Gasteiger partial charge in [-0.15, -0.1) is 0 Å². The molecule has 0 saturated heterocycles. The molecule has 0 aliphatic heterocycles. The third-order valence-corrected chi connectivity index (χ3v) is 4.36. The number of hydrogen-bond acceptors (Lipinski definition) is 4. The SMILES string of the molecule is CCCCCCCCCCCCc1ccc(C(/C=N/O)=N/O)cc1. The van der Waals surface area contributed by atoms with Gasteiger partial charge in [0.2, 0.25) is 0 Å². The lowest BCUT2D eigenvalue weighted by molar-refractivity contribution is 0.316. The van der Waals surface area contributed by atoms with Crippen molar-refractivity contribution in [2.24, 2.45) is 10.3 Å². The lowest BCUT2D eigenvalue weighted by atomic mass is 10.0. The summed E-state index contributed by atoms with van der Waals surface area (Å²) in [5.74, 6) is 0. The van der Waals surface area contributed by atoms with Crippen LogP contribution in [0.3, 0.4) is 0 Å². The molecular weight excluding hydrogens is 300 g/mol. The second-order valence-corrected chi connectivity index (χ2v) is 6.36. The van der Waals surface area contributed by atoms with E-state index in [0.29, 0.717) is 0 Å². The fourth-order valence-electron chi connectivity index (χ4n) is 2.87. The van der Waals surface area contributed by atoms with Gasteiger partial charge in [0.15, 0.2) is 0 Å². The van der Waals surface area contributed by atoms with Crippen molar-refractivity contribution in [1.82, 2.24) is 0 Å². The molecule has 0 spiro atoms. The molecule has 4 nitrogen and oxygen atoms in total. The van der Waals surface area contributed by atoms with Crippen LogP contribution in [0.2, 0.25) is 0 Å². The van der Waals surface area contributed by atoms with Crippen molar-refractivity contribution in [2.45, 2.75) is 77.6 Å². The van der Waals surface area contributed by atoms with Gasteiger partial charge in [-0.25, -0.2) is 0 Å². The van der Waals surface area contributed by atoms with Gasteiger partial charge in [0.1, 0.15) is 5.71 Å². The highest BCUT2D eigenvalue weighted by Gasteiger charge is 2.02. The van der Waals surface area contributed by atoms with Crippen molar-refractivity contribution < 1.29 is 10.4 Å². The molecule has 0 fully saturated rings. The van der Waals surface area contributed by atoms with Crippen molar-refractivity contribution in [3.8, 4) is 0 Å². The van der Waals surface area contributed by atoms with E-state index in [2.05, 4.69) is 17.2 Å². The summed E-state index contributed by atoms with van der Waals surface area (Å²) in [4.78, 5) is 0. The number of rotatable bonds is 13. The van der Waals surface area contributed by atoms with E-state index in [1.165, 1.54) is 69.8 Å². The number of oxime groups is 2. The standard InChI is InChI=1S/C20H32N2O2/c1-2-3-4-5-6-7-8-9-10-11-12-18-13-15-19(16-14-18)20(22-24)17-21-23/h13-17,23-24H,2-12H2,1H3/b21-17+,22-20+. The van der Waals surface area contributed by atoms with E-state index in [-0.39, 0.29) is 5.71 Å². The molecule has 2 N–H and O–H groups in total. The van der Waals surface area contributed by atoms with E-state index in [1.54, 1.807) is 0 Å². The van der Waals surface area contributed by atoms with Crippen LogP contribution in [0.5, 0.6) is 0 Å². The zero-order valence-corrected chi connectivity index (χ0v) is 15.0. The summed E-state index contributed by atoms with van der Waals surface area (Å²) < 4.78 is 0. The van der Waals surface area contributed by atoms with Gasteiger partial charge in [-0.3, -0.25) is 0 Å². The van der Waals surface area contributed by atoms with E-state index in [9.17, 15) is 0 Å². The third kappa shape index (κ3) is 8.70. The summed E-state index contributed by atoms with van der Waals surface area (Å²) in [5, 5.41) is 23.4. The Balaban J connectivity index is 2.13. The number of nitrogens with zero attached hydrogens (tertiary/aromatic N) is 2. The monoisotopic (exact) mass is 332 g/mol. The third-order valence-electron chi connectivity index (χ3n) is 4.36. The topological polar surface area (TPSA) is 65.2 Å². The molecule has 1 rings (SSSR count). The molecule has 0 bridgehead atoms. The molecule has 1 aromatic rings. The van der Waals surface area contributed by atoms with Gasteiger partial charge < -0.3 is 10.4 Å². The van der Waals surface area contributed by atoms with Gasteiger partial charge in [-0.05, 0) is 18.4 Å². The predicted molar refractivity (Wildman–Crippen MR) is 101 cm³/mol. The minimum Gasteiger partial charge on any atom is -0.411 e. The van der Waals surface area contributed by atoms with Gasteiger partial charge in [0, 0.05) is 5.56 Å².